The number of hydrogen-bond acceptors (Lipinski definition) is 4. The molecule has 3 aromatic rings. The van der Waals surface area contributed by atoms with Gasteiger partial charge in [0.25, 0.3) is 0 Å². The molecule has 0 bridgehead atoms. The summed E-state index contributed by atoms with van der Waals surface area (Å²) in [7, 11) is -0.771. The predicted octanol–water partition coefficient (Wildman–Crippen LogP) is 21.4. The molecule has 0 N–H and O–H groups in total. The van der Waals surface area contributed by atoms with Gasteiger partial charge in [-0.3, -0.25) is 0 Å². The Bertz CT molecular complexity index is 2090. The molecule has 0 unspecified atom stereocenters. The third-order valence-electron chi connectivity index (χ3n) is 15.9. The van der Waals surface area contributed by atoms with E-state index >= 15 is 0 Å². The summed E-state index contributed by atoms with van der Waals surface area (Å²) in [5.41, 5.74) is 8.99. The van der Waals surface area contributed by atoms with Gasteiger partial charge in [-0.2, -0.15) is 0 Å². The van der Waals surface area contributed by atoms with Crippen LogP contribution < -0.4 is 10.9 Å². The normalized spacial score (nSPS) is 15.8. The summed E-state index contributed by atoms with van der Waals surface area (Å²) < 4.78 is 33.8. The number of unbranched alkanes of at least 4 members (excludes halogenated alkanes) is 14. The molecule has 3 aromatic carbocycles. The maximum atomic E-state index is 6.53. The minimum Gasteiger partial charge on any atom is -0.399 e. The maximum Gasteiger partial charge on any atom is 0.495 e. The second kappa shape index (κ2) is 38.1. The largest absolute Gasteiger partial charge is 0.495 e. The summed E-state index contributed by atoms with van der Waals surface area (Å²) in [6.07, 6.45) is 38.9. The molecule has 0 radical (unpaired) electrons. The van der Waals surface area contributed by atoms with Crippen LogP contribution in [0, 0.1) is 0 Å². The van der Waals surface area contributed by atoms with Crippen LogP contribution in [0.25, 0.3) is 0 Å². The summed E-state index contributed by atoms with van der Waals surface area (Å²) >= 11 is 19.9. The average molecular weight is 1550 g/mol. The number of benzene rings is 3. The van der Waals surface area contributed by atoms with Gasteiger partial charge in [0.1, 0.15) is 0 Å². The minimum absolute atomic E-state index is 0.383. The highest BCUT2D eigenvalue weighted by Crippen LogP contribution is 2.39. The Kier molecular flexibility index (Phi) is 35.3. The Morgan fingerprint density at radius 1 is 0.346 bits per heavy atom. The molecule has 0 saturated carbocycles. The lowest BCUT2D eigenvalue weighted by atomic mass is 9.67. The molecule has 2 fully saturated rings. The highest BCUT2D eigenvalue weighted by molar-refractivity contribution is 14.1. The van der Waals surface area contributed by atoms with E-state index in [1.165, 1.54) is 150 Å². The fourth-order valence-electron chi connectivity index (χ4n) is 9.51. The van der Waals surface area contributed by atoms with E-state index in [1.54, 1.807) is 0 Å². The standard InChI is InChI=1S/C30H48B2O4.C18H26Br2I2.C18H24Br2/c1-11-13-15-17-19-23-21-26(32-35-29(7,8)30(9,10)36-32)24(20-18-16-14-12-2)22-25(23)31-33-27(3,4)28(5,6)34-31;19-17-14-16(10-6-2-4-8-12-22)18(20)13-15(17)9-5-1-3-7-11-21;1-3-5-7-9-11-15-13-18(20)16(14-17(15)19)12-10-8-6-4-2/h11-12,21-22H,1-2,13-20H2,3-10H3;13-14H,1-12H2;3-4,13-14H,1-2,5-12H2. The predicted molar refractivity (Wildman–Crippen MR) is 375 cm³/mol. The molecule has 434 valence electrons. The third kappa shape index (κ3) is 24.5. The molecule has 12 heteroatoms. The van der Waals surface area contributed by atoms with E-state index in [2.05, 4.69) is 227 Å². The summed E-state index contributed by atoms with van der Waals surface area (Å²) in [5, 5.41) is 0. The second-order valence-corrected chi connectivity index (χ2v) is 28.9. The SMILES string of the molecule is Brc1cc(CCCCCCI)c(Br)cc1CCCCCCI.C=CCCCCc1cc(B2OC(C)(C)C(C)(C)O2)c(CCCCC=C)cc1B1OC(C)(C)C(C)(C)O1.C=CCCCCc1cc(Br)c(CCCCC=C)cc1Br. The molecule has 0 amide bonds. The zero-order valence-electron chi connectivity index (χ0n) is 49.5. The van der Waals surface area contributed by atoms with Gasteiger partial charge < -0.3 is 18.6 Å². The Balaban J connectivity index is 0.000000328. The summed E-state index contributed by atoms with van der Waals surface area (Å²) in [4.78, 5) is 0. The van der Waals surface area contributed by atoms with Crippen molar-refractivity contribution < 1.29 is 18.6 Å². The van der Waals surface area contributed by atoms with Crippen LogP contribution in [0.2, 0.25) is 0 Å². The molecule has 2 heterocycles. The van der Waals surface area contributed by atoms with Crippen molar-refractivity contribution in [1.29, 1.82) is 0 Å². The van der Waals surface area contributed by atoms with Crippen LogP contribution in [-0.4, -0.2) is 45.5 Å². The zero-order valence-corrected chi connectivity index (χ0v) is 60.1. The highest BCUT2D eigenvalue weighted by atomic mass is 127. The van der Waals surface area contributed by atoms with E-state index in [1.807, 2.05) is 24.3 Å². The Labute approximate surface area is 539 Å². The smallest absolute Gasteiger partial charge is 0.399 e. The Morgan fingerprint density at radius 2 is 0.564 bits per heavy atom. The highest BCUT2D eigenvalue weighted by Gasteiger charge is 2.54. The fourth-order valence-corrected chi connectivity index (χ4v) is 12.9. The molecule has 2 saturated heterocycles. The summed E-state index contributed by atoms with van der Waals surface area (Å²) in [6, 6.07) is 13.9. The monoisotopic (exact) mass is 1550 g/mol. The van der Waals surface area contributed by atoms with Crippen molar-refractivity contribution in [2.45, 2.75) is 245 Å². The molecule has 2 aliphatic heterocycles. The van der Waals surface area contributed by atoms with Crippen LogP contribution in [-0.2, 0) is 57.1 Å². The first kappa shape index (κ1) is 72.2. The number of rotatable bonds is 34. The van der Waals surface area contributed by atoms with E-state index in [9.17, 15) is 0 Å². The molecule has 4 nitrogen and oxygen atoms in total. The zero-order chi connectivity index (χ0) is 57.8. The van der Waals surface area contributed by atoms with E-state index in [-0.39, 0.29) is 36.6 Å². The first-order valence-electron chi connectivity index (χ1n) is 29.5. The molecular weight excluding hydrogens is 1450 g/mol. The Hall–Kier alpha value is -0.0301. The van der Waals surface area contributed by atoms with Crippen molar-refractivity contribution in [2.75, 3.05) is 8.86 Å². The topological polar surface area (TPSA) is 36.9 Å². The molecule has 5 rings (SSSR count). The first-order valence-corrected chi connectivity index (χ1v) is 35.7. The van der Waals surface area contributed by atoms with E-state index in [0.29, 0.717) is 0 Å². The number of allylic oxidation sites excluding steroid dienone is 4. The van der Waals surface area contributed by atoms with Crippen LogP contribution in [0.15, 0.2) is 105 Å². The summed E-state index contributed by atoms with van der Waals surface area (Å²) in [6.45, 7) is 32.2. The van der Waals surface area contributed by atoms with Crippen molar-refractivity contribution >= 4 is 134 Å². The maximum absolute atomic E-state index is 6.53. The number of halogens is 6. The van der Waals surface area contributed by atoms with Crippen LogP contribution in [0.5, 0.6) is 0 Å². The number of hydrogen-bond donors (Lipinski definition) is 0. The quantitative estimate of drug-likeness (QED) is 0.0196. The lowest BCUT2D eigenvalue weighted by molar-refractivity contribution is 0.00578. The van der Waals surface area contributed by atoms with Crippen LogP contribution in [0.1, 0.15) is 217 Å². The van der Waals surface area contributed by atoms with Gasteiger partial charge in [0.15, 0.2) is 0 Å². The second-order valence-electron chi connectivity index (χ2n) is 23.3. The van der Waals surface area contributed by atoms with Crippen molar-refractivity contribution in [2.24, 2.45) is 0 Å². The fraction of sp³-hybridized carbons (Fsp3) is 0.606. The van der Waals surface area contributed by atoms with Crippen molar-refractivity contribution in [1.82, 2.24) is 0 Å². The molecule has 0 spiro atoms. The van der Waals surface area contributed by atoms with Crippen molar-refractivity contribution in [3.8, 4) is 0 Å². The van der Waals surface area contributed by atoms with Crippen molar-refractivity contribution in [3.63, 3.8) is 0 Å². The molecular formula is C66H98B2Br4I2O4. The van der Waals surface area contributed by atoms with Gasteiger partial charge in [0, 0.05) is 17.9 Å². The van der Waals surface area contributed by atoms with Gasteiger partial charge in [-0.1, -0.05) is 171 Å². The van der Waals surface area contributed by atoms with Gasteiger partial charge in [-0.25, -0.2) is 0 Å². The molecule has 0 aromatic heterocycles. The molecule has 0 aliphatic carbocycles. The average Bonchev–Trinajstić information content (AvgIpc) is 3.76. The summed E-state index contributed by atoms with van der Waals surface area (Å²) in [5.74, 6) is 0. The third-order valence-corrected chi connectivity index (χ3v) is 20.4. The molecule has 2 aliphatic rings. The van der Waals surface area contributed by atoms with Gasteiger partial charge in [0.05, 0.1) is 22.4 Å². The Morgan fingerprint density at radius 3 is 0.795 bits per heavy atom. The number of alkyl halides is 2. The molecule has 78 heavy (non-hydrogen) atoms. The minimum atomic E-state index is -0.385. The van der Waals surface area contributed by atoms with Gasteiger partial charge in [-0.15, -0.1) is 26.3 Å². The van der Waals surface area contributed by atoms with Crippen LogP contribution >= 0.6 is 109 Å². The lowest BCUT2D eigenvalue weighted by Crippen LogP contribution is -2.43. The number of aryl methyl sites for hydroxylation is 6. The van der Waals surface area contributed by atoms with E-state index in [0.717, 1.165) is 88.0 Å². The van der Waals surface area contributed by atoms with Crippen LogP contribution in [0.4, 0.5) is 0 Å². The van der Waals surface area contributed by atoms with Crippen molar-refractivity contribution in [3.05, 3.63) is 138 Å². The van der Waals surface area contributed by atoms with Gasteiger partial charge >= 0.3 is 14.2 Å². The van der Waals surface area contributed by atoms with Crippen LogP contribution in [0.3, 0.4) is 0 Å². The molecule has 0 atom stereocenters. The lowest BCUT2D eigenvalue weighted by Gasteiger charge is -2.32. The van der Waals surface area contributed by atoms with E-state index in [4.69, 9.17) is 18.6 Å². The van der Waals surface area contributed by atoms with Gasteiger partial charge in [-0.05, 0) is 274 Å². The van der Waals surface area contributed by atoms with Gasteiger partial charge in [0.2, 0.25) is 0 Å². The van der Waals surface area contributed by atoms with E-state index < -0.39 is 0 Å². The first-order chi connectivity index (χ1) is 37.1.